The topological polar surface area (TPSA) is 33.6 Å². The molecule has 0 saturated carbocycles. The Morgan fingerprint density at radius 2 is 2.29 bits per heavy atom. The van der Waals surface area contributed by atoms with Crippen LogP contribution in [0.1, 0.15) is 6.92 Å². The molecule has 1 aromatic carbocycles. The SMILES string of the molecule is CCn1cncc1-c1c[nH]c2ccc(Cl)cc12. The second kappa shape index (κ2) is 3.93. The van der Waals surface area contributed by atoms with Crippen molar-refractivity contribution in [1.29, 1.82) is 0 Å². The van der Waals surface area contributed by atoms with E-state index in [0.717, 1.165) is 33.7 Å². The van der Waals surface area contributed by atoms with Gasteiger partial charge >= 0.3 is 0 Å². The van der Waals surface area contributed by atoms with E-state index >= 15 is 0 Å². The standard InChI is InChI=1S/C13H12ClN3/c1-2-17-8-15-7-13(17)11-6-16-12-4-3-9(14)5-10(11)12/h3-8,16H,2H2,1H3. The lowest BCUT2D eigenvalue weighted by Crippen LogP contribution is -1.93. The first kappa shape index (κ1) is 10.4. The molecule has 0 saturated heterocycles. The fourth-order valence-corrected chi connectivity index (χ4v) is 2.27. The highest BCUT2D eigenvalue weighted by molar-refractivity contribution is 6.31. The van der Waals surface area contributed by atoms with Crippen LogP contribution < -0.4 is 0 Å². The van der Waals surface area contributed by atoms with Crippen LogP contribution in [0.5, 0.6) is 0 Å². The molecule has 0 unspecified atom stereocenters. The second-order valence-electron chi connectivity index (χ2n) is 3.96. The minimum Gasteiger partial charge on any atom is -0.360 e. The molecule has 17 heavy (non-hydrogen) atoms. The Bertz CT molecular complexity index is 666. The molecule has 4 heteroatoms. The van der Waals surface area contributed by atoms with Gasteiger partial charge in [0.05, 0.1) is 18.2 Å². The second-order valence-corrected chi connectivity index (χ2v) is 4.39. The smallest absolute Gasteiger partial charge is 0.0950 e. The number of hydrogen-bond acceptors (Lipinski definition) is 1. The van der Waals surface area contributed by atoms with Crippen molar-refractivity contribution in [3.63, 3.8) is 0 Å². The third kappa shape index (κ3) is 1.63. The van der Waals surface area contributed by atoms with Crippen molar-refractivity contribution >= 4 is 22.5 Å². The minimum absolute atomic E-state index is 0.751. The summed E-state index contributed by atoms with van der Waals surface area (Å²) in [7, 11) is 0. The predicted octanol–water partition coefficient (Wildman–Crippen LogP) is 3.70. The molecular weight excluding hydrogens is 234 g/mol. The van der Waals surface area contributed by atoms with E-state index in [1.807, 2.05) is 36.9 Å². The van der Waals surface area contributed by atoms with Crippen LogP contribution in [0.15, 0.2) is 36.9 Å². The first-order valence-corrected chi connectivity index (χ1v) is 5.94. The number of benzene rings is 1. The molecule has 3 aromatic rings. The van der Waals surface area contributed by atoms with Crippen LogP contribution in [-0.2, 0) is 6.54 Å². The van der Waals surface area contributed by atoms with Crippen LogP contribution in [0.3, 0.4) is 0 Å². The van der Waals surface area contributed by atoms with Gasteiger partial charge in [0, 0.05) is 34.2 Å². The van der Waals surface area contributed by atoms with Crippen molar-refractivity contribution in [2.24, 2.45) is 0 Å². The van der Waals surface area contributed by atoms with Gasteiger partial charge in [-0.05, 0) is 25.1 Å². The molecule has 0 fully saturated rings. The Labute approximate surface area is 104 Å². The highest BCUT2D eigenvalue weighted by Crippen LogP contribution is 2.30. The van der Waals surface area contributed by atoms with Crippen LogP contribution in [0, 0.1) is 0 Å². The summed E-state index contributed by atoms with van der Waals surface area (Å²) in [5, 5.41) is 1.88. The van der Waals surface area contributed by atoms with Crippen LogP contribution >= 0.6 is 11.6 Å². The number of nitrogens with zero attached hydrogens (tertiary/aromatic N) is 2. The van der Waals surface area contributed by atoms with Crippen LogP contribution in [-0.4, -0.2) is 14.5 Å². The first-order chi connectivity index (χ1) is 8.29. The van der Waals surface area contributed by atoms with Gasteiger partial charge in [0.1, 0.15) is 0 Å². The Kier molecular flexibility index (Phi) is 2.41. The summed E-state index contributed by atoms with van der Waals surface area (Å²) < 4.78 is 2.11. The number of nitrogens with one attached hydrogen (secondary N) is 1. The number of H-pyrrole nitrogens is 1. The minimum atomic E-state index is 0.751. The highest BCUT2D eigenvalue weighted by atomic mass is 35.5. The molecular formula is C13H12ClN3. The van der Waals surface area contributed by atoms with Crippen LogP contribution in [0.2, 0.25) is 5.02 Å². The summed E-state index contributed by atoms with van der Waals surface area (Å²) in [5.74, 6) is 0. The number of aromatic amines is 1. The number of halogens is 1. The maximum Gasteiger partial charge on any atom is 0.0950 e. The van der Waals surface area contributed by atoms with Gasteiger partial charge in [0.15, 0.2) is 0 Å². The van der Waals surface area contributed by atoms with E-state index in [1.165, 1.54) is 0 Å². The average molecular weight is 246 g/mol. The summed E-state index contributed by atoms with van der Waals surface area (Å²) in [6, 6.07) is 5.87. The van der Waals surface area contributed by atoms with E-state index in [9.17, 15) is 0 Å². The van der Waals surface area contributed by atoms with E-state index in [1.54, 1.807) is 0 Å². The number of rotatable bonds is 2. The van der Waals surface area contributed by atoms with Crippen molar-refractivity contribution in [3.05, 3.63) is 41.9 Å². The lowest BCUT2D eigenvalue weighted by Gasteiger charge is -2.03. The van der Waals surface area contributed by atoms with Crippen molar-refractivity contribution < 1.29 is 0 Å². The quantitative estimate of drug-likeness (QED) is 0.734. The van der Waals surface area contributed by atoms with Gasteiger partial charge in [0.2, 0.25) is 0 Å². The van der Waals surface area contributed by atoms with Gasteiger partial charge in [-0.1, -0.05) is 11.6 Å². The number of aryl methyl sites for hydroxylation is 1. The Morgan fingerprint density at radius 1 is 1.41 bits per heavy atom. The van der Waals surface area contributed by atoms with E-state index in [4.69, 9.17) is 11.6 Å². The molecule has 0 spiro atoms. The van der Waals surface area contributed by atoms with Crippen molar-refractivity contribution in [2.45, 2.75) is 13.5 Å². The zero-order valence-electron chi connectivity index (χ0n) is 9.44. The van der Waals surface area contributed by atoms with Gasteiger partial charge < -0.3 is 9.55 Å². The van der Waals surface area contributed by atoms with Gasteiger partial charge in [-0.2, -0.15) is 0 Å². The van der Waals surface area contributed by atoms with E-state index in [-0.39, 0.29) is 0 Å². The summed E-state index contributed by atoms with van der Waals surface area (Å²) in [6.45, 7) is 3.01. The fraction of sp³-hybridized carbons (Fsp3) is 0.154. The monoisotopic (exact) mass is 245 g/mol. The molecule has 1 N–H and O–H groups in total. The molecule has 3 nitrogen and oxygen atoms in total. The van der Waals surface area contributed by atoms with Crippen molar-refractivity contribution in [1.82, 2.24) is 14.5 Å². The van der Waals surface area contributed by atoms with Crippen molar-refractivity contribution in [3.8, 4) is 11.3 Å². The molecule has 0 aliphatic rings. The molecule has 2 aromatic heterocycles. The number of hydrogen-bond donors (Lipinski definition) is 1. The zero-order valence-corrected chi connectivity index (χ0v) is 10.2. The Morgan fingerprint density at radius 3 is 3.12 bits per heavy atom. The summed E-state index contributed by atoms with van der Waals surface area (Å²) in [5.41, 5.74) is 3.34. The maximum atomic E-state index is 6.05. The third-order valence-corrected chi connectivity index (χ3v) is 3.21. The van der Waals surface area contributed by atoms with Crippen LogP contribution in [0.25, 0.3) is 22.2 Å². The van der Waals surface area contributed by atoms with E-state index < -0.39 is 0 Å². The lowest BCUT2D eigenvalue weighted by molar-refractivity contribution is 0.769. The van der Waals surface area contributed by atoms with Gasteiger partial charge in [-0.15, -0.1) is 0 Å². The molecule has 2 heterocycles. The summed E-state index contributed by atoms with van der Waals surface area (Å²) in [6.07, 6.45) is 5.73. The van der Waals surface area contributed by atoms with E-state index in [2.05, 4.69) is 21.5 Å². The Balaban J connectivity index is 2.27. The van der Waals surface area contributed by atoms with Gasteiger partial charge in [-0.25, -0.2) is 4.98 Å². The summed E-state index contributed by atoms with van der Waals surface area (Å²) >= 11 is 6.05. The van der Waals surface area contributed by atoms with E-state index in [0.29, 0.717) is 0 Å². The number of imidazole rings is 1. The first-order valence-electron chi connectivity index (χ1n) is 5.56. The zero-order chi connectivity index (χ0) is 11.8. The predicted molar refractivity (Wildman–Crippen MR) is 70.2 cm³/mol. The van der Waals surface area contributed by atoms with Gasteiger partial charge in [0.25, 0.3) is 0 Å². The molecule has 3 rings (SSSR count). The lowest BCUT2D eigenvalue weighted by atomic mass is 10.1. The molecule has 0 radical (unpaired) electrons. The Hall–Kier alpha value is -1.74. The average Bonchev–Trinajstić information content (AvgIpc) is 2.93. The molecule has 0 atom stereocenters. The summed E-state index contributed by atoms with van der Waals surface area (Å²) in [4.78, 5) is 7.45. The molecule has 0 aliphatic carbocycles. The third-order valence-electron chi connectivity index (χ3n) is 2.97. The highest BCUT2D eigenvalue weighted by Gasteiger charge is 2.10. The molecule has 0 amide bonds. The van der Waals surface area contributed by atoms with Crippen LogP contribution in [0.4, 0.5) is 0 Å². The molecule has 0 aliphatic heterocycles. The normalized spacial score (nSPS) is 11.2. The fourth-order valence-electron chi connectivity index (χ4n) is 2.10. The maximum absolute atomic E-state index is 6.05. The molecule has 86 valence electrons. The number of aromatic nitrogens is 3. The number of fused-ring (bicyclic) bond motifs is 1. The largest absolute Gasteiger partial charge is 0.360 e. The van der Waals surface area contributed by atoms with Crippen molar-refractivity contribution in [2.75, 3.05) is 0 Å². The van der Waals surface area contributed by atoms with Gasteiger partial charge in [-0.3, -0.25) is 0 Å². The molecule has 0 bridgehead atoms.